The Bertz CT molecular complexity index is 134. The fraction of sp³-hybridized carbons (Fsp3) is 1.00. The van der Waals surface area contributed by atoms with Crippen molar-refractivity contribution in [3.05, 3.63) is 0 Å². The SMILES string of the molecule is ON(F)C(F)(CF)C(F)(F)F. The van der Waals surface area contributed by atoms with Crippen molar-refractivity contribution in [2.24, 2.45) is 0 Å². The zero-order chi connectivity index (χ0) is 9.28. The maximum absolute atomic E-state index is 12.0. The lowest BCUT2D eigenvalue weighted by molar-refractivity contribution is -0.417. The monoisotopic (exact) mass is 183 g/mol. The number of rotatable bonds is 2. The van der Waals surface area contributed by atoms with E-state index in [-0.39, 0.29) is 0 Å². The normalized spacial score (nSPS) is 18.5. The Morgan fingerprint density at radius 2 is 1.55 bits per heavy atom. The fourth-order valence-electron chi connectivity index (χ4n) is 0.230. The molecule has 0 heterocycles. The second-order valence-electron chi connectivity index (χ2n) is 1.65. The minimum atomic E-state index is -5.81. The molecule has 0 bridgehead atoms. The van der Waals surface area contributed by atoms with Gasteiger partial charge < -0.3 is 0 Å². The van der Waals surface area contributed by atoms with E-state index in [1.54, 1.807) is 0 Å². The summed E-state index contributed by atoms with van der Waals surface area (Å²) in [5.74, 6) is -4.97. The van der Waals surface area contributed by atoms with Crippen molar-refractivity contribution in [3.8, 4) is 0 Å². The first-order valence-corrected chi connectivity index (χ1v) is 2.22. The van der Waals surface area contributed by atoms with Crippen LogP contribution in [0.1, 0.15) is 0 Å². The molecule has 0 saturated carbocycles. The molecule has 11 heavy (non-hydrogen) atoms. The smallest absolute Gasteiger partial charge is 0.283 e. The second-order valence-corrected chi connectivity index (χ2v) is 1.65. The Kier molecular flexibility index (Phi) is 2.73. The van der Waals surface area contributed by atoms with E-state index < -0.39 is 23.9 Å². The zero-order valence-electron chi connectivity index (χ0n) is 4.87. The Balaban J connectivity index is 4.61. The van der Waals surface area contributed by atoms with Crippen molar-refractivity contribution in [2.75, 3.05) is 6.67 Å². The Morgan fingerprint density at radius 3 is 1.55 bits per heavy atom. The van der Waals surface area contributed by atoms with Crippen LogP contribution < -0.4 is 0 Å². The molecule has 0 aliphatic heterocycles. The molecule has 0 aliphatic carbocycles. The van der Waals surface area contributed by atoms with Crippen LogP contribution in [0, 0.1) is 0 Å². The van der Waals surface area contributed by atoms with Crippen molar-refractivity contribution in [1.29, 1.82) is 0 Å². The van der Waals surface area contributed by atoms with Gasteiger partial charge in [-0.05, 0) is 0 Å². The van der Waals surface area contributed by atoms with Crippen LogP contribution in [0.2, 0.25) is 0 Å². The van der Waals surface area contributed by atoms with Gasteiger partial charge >= 0.3 is 12.0 Å². The molecule has 68 valence electrons. The van der Waals surface area contributed by atoms with Gasteiger partial charge in [0.2, 0.25) is 0 Å². The van der Waals surface area contributed by atoms with Crippen molar-refractivity contribution in [3.63, 3.8) is 0 Å². The van der Waals surface area contributed by atoms with Gasteiger partial charge in [-0.1, -0.05) is 0 Å². The van der Waals surface area contributed by atoms with Crippen molar-refractivity contribution in [2.45, 2.75) is 12.0 Å². The van der Waals surface area contributed by atoms with Crippen LogP contribution in [0.25, 0.3) is 0 Å². The van der Waals surface area contributed by atoms with E-state index in [1.807, 2.05) is 0 Å². The largest absolute Gasteiger partial charge is 0.444 e. The summed E-state index contributed by atoms with van der Waals surface area (Å²) in [5.41, 5.74) is 0. The summed E-state index contributed by atoms with van der Waals surface area (Å²) in [4.78, 5) is 0. The van der Waals surface area contributed by atoms with Gasteiger partial charge in [0.15, 0.2) is 6.67 Å². The molecule has 0 spiro atoms. The number of hydrogen-bond acceptors (Lipinski definition) is 2. The molecule has 0 aromatic rings. The molecule has 8 heteroatoms. The second kappa shape index (κ2) is 2.86. The van der Waals surface area contributed by atoms with Gasteiger partial charge in [0, 0.05) is 5.29 Å². The van der Waals surface area contributed by atoms with Crippen LogP contribution in [0.15, 0.2) is 0 Å². The van der Waals surface area contributed by atoms with Crippen LogP contribution in [0.5, 0.6) is 0 Å². The molecule has 1 atom stereocenters. The van der Waals surface area contributed by atoms with Crippen molar-refractivity contribution < 1.29 is 31.6 Å². The van der Waals surface area contributed by atoms with Gasteiger partial charge in [-0.3, -0.25) is 5.21 Å². The van der Waals surface area contributed by atoms with E-state index in [9.17, 15) is 26.4 Å². The maximum Gasteiger partial charge on any atom is 0.444 e. The summed E-state index contributed by atoms with van der Waals surface area (Å²) in [7, 11) is 0. The third kappa shape index (κ3) is 1.74. The molecule has 0 saturated heterocycles. The van der Waals surface area contributed by atoms with E-state index >= 15 is 0 Å². The highest BCUT2D eigenvalue weighted by atomic mass is 19.4. The van der Waals surface area contributed by atoms with Crippen LogP contribution in [0.3, 0.4) is 0 Å². The highest BCUT2D eigenvalue weighted by molar-refractivity contribution is 4.79. The average Bonchev–Trinajstić information content (AvgIpc) is 1.83. The van der Waals surface area contributed by atoms with Crippen LogP contribution in [-0.4, -0.2) is 29.1 Å². The van der Waals surface area contributed by atoms with Gasteiger partial charge in [-0.15, -0.1) is 4.48 Å². The molecule has 1 N–H and O–H groups in total. The highest BCUT2D eigenvalue weighted by Crippen LogP contribution is 2.36. The molecule has 0 aromatic heterocycles. The molecular weight excluding hydrogens is 180 g/mol. The molecule has 2 nitrogen and oxygen atoms in total. The first-order valence-electron chi connectivity index (χ1n) is 2.22. The van der Waals surface area contributed by atoms with Crippen molar-refractivity contribution in [1.82, 2.24) is 5.29 Å². The molecule has 0 rings (SSSR count). The summed E-state index contributed by atoms with van der Waals surface area (Å²) in [6, 6.07) is 0. The van der Waals surface area contributed by atoms with E-state index in [0.29, 0.717) is 0 Å². The predicted molar refractivity (Wildman–Crippen MR) is 20.6 cm³/mol. The molecule has 0 aromatic carbocycles. The number of hydroxylamine groups is 1. The third-order valence-corrected chi connectivity index (χ3v) is 0.904. The number of halogens is 6. The van der Waals surface area contributed by atoms with E-state index in [2.05, 4.69) is 0 Å². The number of nitrogens with zero attached hydrogens (tertiary/aromatic N) is 1. The molecule has 0 fully saturated rings. The number of alkyl halides is 5. The topological polar surface area (TPSA) is 23.5 Å². The molecular formula is C3H3F6NO. The minimum Gasteiger partial charge on any atom is -0.283 e. The first-order chi connectivity index (χ1) is 4.75. The van der Waals surface area contributed by atoms with E-state index in [0.717, 1.165) is 0 Å². The molecule has 0 amide bonds. The van der Waals surface area contributed by atoms with Crippen LogP contribution in [0.4, 0.5) is 26.4 Å². The van der Waals surface area contributed by atoms with Crippen LogP contribution >= 0.6 is 0 Å². The summed E-state index contributed by atoms with van der Waals surface area (Å²) in [6.45, 7) is -2.72. The molecule has 0 radical (unpaired) electrons. The average molecular weight is 183 g/mol. The minimum absolute atomic E-state index is 2.34. The quantitative estimate of drug-likeness (QED) is 0.305. The Labute approximate surface area is 56.9 Å². The van der Waals surface area contributed by atoms with Gasteiger partial charge in [-0.25, -0.2) is 8.78 Å². The lowest BCUT2D eigenvalue weighted by atomic mass is 10.3. The van der Waals surface area contributed by atoms with E-state index in [1.165, 1.54) is 0 Å². The summed E-state index contributed by atoms with van der Waals surface area (Å²) < 4.78 is 68.4. The third-order valence-electron chi connectivity index (χ3n) is 0.904. The van der Waals surface area contributed by atoms with Gasteiger partial charge in [-0.2, -0.15) is 13.2 Å². The van der Waals surface area contributed by atoms with Gasteiger partial charge in [0.25, 0.3) is 0 Å². The Hall–Kier alpha value is -0.500. The lowest BCUT2D eigenvalue weighted by Gasteiger charge is -2.25. The van der Waals surface area contributed by atoms with E-state index in [4.69, 9.17) is 5.21 Å². The van der Waals surface area contributed by atoms with Gasteiger partial charge in [0.05, 0.1) is 0 Å². The standard InChI is InChI=1S/C3H3F6NO/c4-1-2(5,10(9)11)3(6,7)8/h11H,1H2. The summed E-state index contributed by atoms with van der Waals surface area (Å²) >= 11 is 0. The first kappa shape index (κ1) is 10.5. The number of hydrogen-bond donors (Lipinski definition) is 1. The summed E-state index contributed by atoms with van der Waals surface area (Å²) in [5, 5.41) is 5.10. The zero-order valence-corrected chi connectivity index (χ0v) is 4.87. The van der Waals surface area contributed by atoms with Crippen molar-refractivity contribution >= 4 is 0 Å². The predicted octanol–water partition coefficient (Wildman–Crippen LogP) is 1.76. The Morgan fingerprint density at radius 1 is 1.18 bits per heavy atom. The molecule has 1 unspecified atom stereocenters. The molecule has 0 aliphatic rings. The highest BCUT2D eigenvalue weighted by Gasteiger charge is 2.62. The lowest BCUT2D eigenvalue weighted by Crippen LogP contribution is -2.52. The summed E-state index contributed by atoms with van der Waals surface area (Å²) in [6.07, 6.45) is -5.81. The fourth-order valence-corrected chi connectivity index (χ4v) is 0.230. The maximum atomic E-state index is 12.0. The van der Waals surface area contributed by atoms with Gasteiger partial charge in [0.1, 0.15) is 0 Å². The van der Waals surface area contributed by atoms with Crippen LogP contribution in [-0.2, 0) is 0 Å².